The van der Waals surface area contributed by atoms with Crippen molar-refractivity contribution in [1.82, 2.24) is 10.1 Å². The fourth-order valence-corrected chi connectivity index (χ4v) is 3.14. The summed E-state index contributed by atoms with van der Waals surface area (Å²) in [6.45, 7) is 0.538. The monoisotopic (exact) mass is 305 g/mol. The lowest BCUT2D eigenvalue weighted by atomic mass is 10.0. The Morgan fingerprint density at radius 1 is 0.957 bits per heavy atom. The Kier molecular flexibility index (Phi) is 3.67. The van der Waals surface area contributed by atoms with Crippen molar-refractivity contribution in [3.8, 4) is 11.4 Å². The number of benzene rings is 2. The first-order valence-corrected chi connectivity index (χ1v) is 8.04. The first kappa shape index (κ1) is 14.2. The molecule has 2 N–H and O–H groups in total. The second kappa shape index (κ2) is 5.97. The van der Waals surface area contributed by atoms with Gasteiger partial charge in [0.2, 0.25) is 11.7 Å². The first-order valence-electron chi connectivity index (χ1n) is 8.04. The minimum Gasteiger partial charge on any atom is -0.339 e. The average Bonchev–Trinajstić information content (AvgIpc) is 3.24. The summed E-state index contributed by atoms with van der Waals surface area (Å²) in [6, 6.07) is 14.6. The molecule has 2 aromatic carbocycles. The number of rotatable bonds is 4. The molecule has 0 saturated carbocycles. The van der Waals surface area contributed by atoms with Crippen LogP contribution in [-0.2, 0) is 25.8 Å². The van der Waals surface area contributed by atoms with E-state index in [-0.39, 0.29) is 0 Å². The van der Waals surface area contributed by atoms with Gasteiger partial charge < -0.3 is 10.3 Å². The second-order valence-corrected chi connectivity index (χ2v) is 6.05. The van der Waals surface area contributed by atoms with Gasteiger partial charge in [-0.25, -0.2) is 0 Å². The maximum absolute atomic E-state index is 5.62. The summed E-state index contributed by atoms with van der Waals surface area (Å²) < 4.78 is 5.41. The van der Waals surface area contributed by atoms with E-state index in [1.54, 1.807) is 0 Å². The van der Waals surface area contributed by atoms with E-state index in [0.717, 1.165) is 11.1 Å². The molecule has 0 atom stereocenters. The van der Waals surface area contributed by atoms with Gasteiger partial charge in [-0.1, -0.05) is 47.6 Å². The molecule has 1 heterocycles. The molecule has 4 nitrogen and oxygen atoms in total. The summed E-state index contributed by atoms with van der Waals surface area (Å²) in [6.07, 6.45) is 4.34. The molecule has 23 heavy (non-hydrogen) atoms. The minimum atomic E-state index is 0.538. The van der Waals surface area contributed by atoms with Crippen molar-refractivity contribution in [3.05, 3.63) is 70.6 Å². The summed E-state index contributed by atoms with van der Waals surface area (Å²) in [7, 11) is 0. The number of aromatic nitrogens is 2. The van der Waals surface area contributed by atoms with Crippen molar-refractivity contribution in [2.24, 2.45) is 5.73 Å². The number of fused-ring (bicyclic) bond motifs is 1. The van der Waals surface area contributed by atoms with E-state index in [0.29, 0.717) is 24.7 Å². The van der Waals surface area contributed by atoms with Gasteiger partial charge in [0, 0.05) is 12.1 Å². The molecule has 1 aromatic heterocycles. The normalized spacial score (nSPS) is 13.3. The van der Waals surface area contributed by atoms with Crippen LogP contribution in [0.2, 0.25) is 0 Å². The number of nitrogens with two attached hydrogens (primary N) is 1. The van der Waals surface area contributed by atoms with E-state index in [9.17, 15) is 0 Å². The van der Waals surface area contributed by atoms with E-state index in [1.807, 2.05) is 24.3 Å². The minimum absolute atomic E-state index is 0.538. The van der Waals surface area contributed by atoms with Crippen molar-refractivity contribution in [2.75, 3.05) is 0 Å². The van der Waals surface area contributed by atoms with Crippen LogP contribution in [0, 0.1) is 0 Å². The number of nitrogens with zero attached hydrogens (tertiary/aromatic N) is 2. The summed E-state index contributed by atoms with van der Waals surface area (Å²) in [4.78, 5) is 4.52. The molecular formula is C19H19N3O. The molecule has 1 aliphatic rings. The summed E-state index contributed by atoms with van der Waals surface area (Å²) in [5, 5.41) is 4.09. The lowest BCUT2D eigenvalue weighted by Gasteiger charge is -2.02. The molecule has 116 valence electrons. The van der Waals surface area contributed by atoms with Crippen LogP contribution >= 0.6 is 0 Å². The largest absolute Gasteiger partial charge is 0.339 e. The maximum Gasteiger partial charge on any atom is 0.231 e. The van der Waals surface area contributed by atoms with Gasteiger partial charge in [-0.05, 0) is 41.5 Å². The zero-order chi connectivity index (χ0) is 15.6. The maximum atomic E-state index is 5.62. The fraction of sp³-hybridized carbons (Fsp3) is 0.263. The smallest absolute Gasteiger partial charge is 0.231 e. The van der Waals surface area contributed by atoms with E-state index in [4.69, 9.17) is 10.3 Å². The summed E-state index contributed by atoms with van der Waals surface area (Å²) in [5.74, 6) is 1.28. The molecule has 0 aliphatic heterocycles. The predicted molar refractivity (Wildman–Crippen MR) is 88.9 cm³/mol. The zero-order valence-corrected chi connectivity index (χ0v) is 13.0. The third-order valence-electron chi connectivity index (χ3n) is 4.43. The lowest BCUT2D eigenvalue weighted by Crippen LogP contribution is -1.95. The Hall–Kier alpha value is -2.46. The SMILES string of the molecule is NCc1ccc(-c2noc(Cc3ccc4c(c3)CCC4)n2)cc1. The van der Waals surface area contributed by atoms with Crippen molar-refractivity contribution < 1.29 is 4.52 Å². The molecule has 3 aromatic rings. The predicted octanol–water partition coefficient (Wildman–Crippen LogP) is 3.27. The third kappa shape index (κ3) is 2.90. The van der Waals surface area contributed by atoms with Crippen molar-refractivity contribution in [1.29, 1.82) is 0 Å². The Morgan fingerprint density at radius 2 is 1.74 bits per heavy atom. The van der Waals surface area contributed by atoms with E-state index >= 15 is 0 Å². The van der Waals surface area contributed by atoms with Gasteiger partial charge in [0.1, 0.15) is 0 Å². The van der Waals surface area contributed by atoms with Gasteiger partial charge >= 0.3 is 0 Å². The van der Waals surface area contributed by atoms with Crippen LogP contribution < -0.4 is 5.73 Å². The third-order valence-corrected chi connectivity index (χ3v) is 4.43. The molecule has 0 radical (unpaired) electrons. The summed E-state index contributed by atoms with van der Waals surface area (Å²) in [5.41, 5.74) is 11.9. The van der Waals surface area contributed by atoms with Crippen molar-refractivity contribution >= 4 is 0 Å². The summed E-state index contributed by atoms with van der Waals surface area (Å²) >= 11 is 0. The number of hydrogen-bond acceptors (Lipinski definition) is 4. The van der Waals surface area contributed by atoms with Crippen LogP contribution in [0.15, 0.2) is 47.0 Å². The molecule has 1 aliphatic carbocycles. The molecule has 4 rings (SSSR count). The highest BCUT2D eigenvalue weighted by Crippen LogP contribution is 2.24. The van der Waals surface area contributed by atoms with E-state index in [1.165, 1.54) is 36.0 Å². The van der Waals surface area contributed by atoms with Gasteiger partial charge in [0.25, 0.3) is 0 Å². The van der Waals surface area contributed by atoms with Crippen LogP contribution in [-0.4, -0.2) is 10.1 Å². The highest BCUT2D eigenvalue weighted by Gasteiger charge is 2.13. The Balaban J connectivity index is 1.53. The zero-order valence-electron chi connectivity index (χ0n) is 13.0. The van der Waals surface area contributed by atoms with Gasteiger partial charge in [0.05, 0.1) is 6.42 Å². The van der Waals surface area contributed by atoms with Crippen LogP contribution in [0.4, 0.5) is 0 Å². The molecule has 0 fully saturated rings. The molecule has 0 amide bonds. The van der Waals surface area contributed by atoms with Crippen LogP contribution in [0.5, 0.6) is 0 Å². The van der Waals surface area contributed by atoms with Gasteiger partial charge in [-0.15, -0.1) is 0 Å². The molecule has 0 bridgehead atoms. The Morgan fingerprint density at radius 3 is 2.57 bits per heavy atom. The molecule has 0 saturated heterocycles. The lowest BCUT2D eigenvalue weighted by molar-refractivity contribution is 0.385. The second-order valence-electron chi connectivity index (χ2n) is 6.05. The molecular weight excluding hydrogens is 286 g/mol. The Bertz CT molecular complexity index is 821. The molecule has 0 spiro atoms. The van der Waals surface area contributed by atoms with E-state index in [2.05, 4.69) is 28.3 Å². The van der Waals surface area contributed by atoms with Crippen LogP contribution in [0.25, 0.3) is 11.4 Å². The van der Waals surface area contributed by atoms with Crippen LogP contribution in [0.3, 0.4) is 0 Å². The molecule has 4 heteroatoms. The highest BCUT2D eigenvalue weighted by atomic mass is 16.5. The van der Waals surface area contributed by atoms with Gasteiger partial charge in [-0.2, -0.15) is 4.98 Å². The van der Waals surface area contributed by atoms with Crippen LogP contribution in [0.1, 0.15) is 34.6 Å². The standard InChI is InChI=1S/C19H19N3O/c20-12-13-4-8-16(9-5-13)19-21-18(23-22-19)11-14-6-7-15-2-1-3-17(15)10-14/h4-10H,1-3,11-12,20H2. The highest BCUT2D eigenvalue weighted by molar-refractivity contribution is 5.54. The van der Waals surface area contributed by atoms with Gasteiger partial charge in [-0.3, -0.25) is 0 Å². The fourth-order valence-electron chi connectivity index (χ4n) is 3.14. The average molecular weight is 305 g/mol. The van der Waals surface area contributed by atoms with E-state index < -0.39 is 0 Å². The van der Waals surface area contributed by atoms with Crippen molar-refractivity contribution in [3.63, 3.8) is 0 Å². The molecule has 0 unspecified atom stereocenters. The quantitative estimate of drug-likeness (QED) is 0.803. The first-order chi connectivity index (χ1) is 11.3. The number of hydrogen-bond donors (Lipinski definition) is 1. The topological polar surface area (TPSA) is 64.9 Å². The number of aryl methyl sites for hydroxylation is 2. The Labute approximate surface area is 135 Å². The van der Waals surface area contributed by atoms with Crippen molar-refractivity contribution in [2.45, 2.75) is 32.2 Å². The van der Waals surface area contributed by atoms with Gasteiger partial charge in [0.15, 0.2) is 0 Å².